The number of benzene rings is 1. The Hall–Kier alpha value is -0.610. The predicted octanol–water partition coefficient (Wildman–Crippen LogP) is -1.00. The van der Waals surface area contributed by atoms with Crippen LogP contribution in [-0.2, 0) is 4.74 Å². The van der Waals surface area contributed by atoms with E-state index in [4.69, 9.17) is 4.74 Å². The Morgan fingerprint density at radius 1 is 1.12 bits per heavy atom. The van der Waals surface area contributed by atoms with Crippen LogP contribution in [0.25, 0.3) is 0 Å². The van der Waals surface area contributed by atoms with E-state index in [0.717, 1.165) is 17.6 Å². The van der Waals surface area contributed by atoms with Gasteiger partial charge in [-0.05, 0) is 13.8 Å². The molecule has 1 rings (SSSR count). The summed E-state index contributed by atoms with van der Waals surface area (Å²) in [4.78, 5) is 0. The molecule has 17 heavy (non-hydrogen) atoms. The fourth-order valence-corrected chi connectivity index (χ4v) is 1.64. The van der Waals surface area contributed by atoms with E-state index in [-0.39, 0.29) is 24.1 Å². The standard InChI is InChI=1S/C13H22NO.ClH.H2O/c1-5-14(3,4)13(15-6-2)12-10-8-7-9-11-12;;/h7-11,13H,5-6H2,1-4H3;1H;1H2/q+1;;/p-1. The van der Waals surface area contributed by atoms with Gasteiger partial charge in [0.15, 0.2) is 0 Å². The zero-order chi connectivity index (χ0) is 11.3. The molecule has 4 heteroatoms. The molecule has 0 radical (unpaired) electrons. The van der Waals surface area contributed by atoms with E-state index in [1.807, 2.05) is 13.0 Å². The van der Waals surface area contributed by atoms with Crippen LogP contribution in [0.15, 0.2) is 30.3 Å². The van der Waals surface area contributed by atoms with Crippen molar-refractivity contribution in [1.82, 2.24) is 0 Å². The molecule has 100 valence electrons. The molecule has 0 saturated carbocycles. The summed E-state index contributed by atoms with van der Waals surface area (Å²) in [7, 11) is 4.40. The molecular formula is C13H24ClNO2. The SMILES string of the molecule is CCOC(c1ccccc1)[N+](C)(C)CC.O.[Cl-]. The van der Waals surface area contributed by atoms with Crippen molar-refractivity contribution in [2.24, 2.45) is 0 Å². The summed E-state index contributed by atoms with van der Waals surface area (Å²) in [5.41, 5.74) is 1.26. The second-order valence-electron chi connectivity index (χ2n) is 4.31. The first-order chi connectivity index (χ1) is 7.11. The first kappa shape index (κ1) is 18.7. The highest BCUT2D eigenvalue weighted by atomic mass is 35.5. The third-order valence-corrected chi connectivity index (χ3v) is 2.86. The van der Waals surface area contributed by atoms with E-state index in [1.165, 1.54) is 5.56 Å². The van der Waals surface area contributed by atoms with E-state index in [9.17, 15) is 0 Å². The van der Waals surface area contributed by atoms with Gasteiger partial charge in [-0.2, -0.15) is 0 Å². The lowest BCUT2D eigenvalue weighted by Gasteiger charge is -2.36. The number of ether oxygens (including phenoxy) is 1. The van der Waals surface area contributed by atoms with Crippen LogP contribution in [-0.4, -0.2) is 37.2 Å². The summed E-state index contributed by atoms with van der Waals surface area (Å²) < 4.78 is 6.71. The van der Waals surface area contributed by atoms with Crippen molar-refractivity contribution >= 4 is 0 Å². The molecule has 1 atom stereocenters. The molecule has 3 nitrogen and oxygen atoms in total. The number of rotatable bonds is 5. The van der Waals surface area contributed by atoms with Gasteiger partial charge in [-0.3, -0.25) is 4.48 Å². The zero-order valence-corrected chi connectivity index (χ0v) is 11.9. The Kier molecular flexibility index (Phi) is 9.35. The third kappa shape index (κ3) is 5.04. The van der Waals surface area contributed by atoms with Gasteiger partial charge in [-0.1, -0.05) is 30.3 Å². The van der Waals surface area contributed by atoms with Gasteiger partial charge in [-0.25, -0.2) is 0 Å². The van der Waals surface area contributed by atoms with E-state index in [1.54, 1.807) is 0 Å². The van der Waals surface area contributed by atoms with Gasteiger partial charge < -0.3 is 22.6 Å². The van der Waals surface area contributed by atoms with Crippen LogP contribution in [0.2, 0.25) is 0 Å². The van der Waals surface area contributed by atoms with Gasteiger partial charge in [0.25, 0.3) is 0 Å². The third-order valence-electron chi connectivity index (χ3n) is 2.86. The van der Waals surface area contributed by atoms with Crippen molar-refractivity contribution in [1.29, 1.82) is 0 Å². The molecule has 0 aromatic heterocycles. The van der Waals surface area contributed by atoms with Crippen molar-refractivity contribution < 1.29 is 27.1 Å². The maximum absolute atomic E-state index is 5.86. The lowest BCUT2D eigenvalue weighted by Crippen LogP contribution is -3.00. The predicted molar refractivity (Wildman–Crippen MR) is 67.1 cm³/mol. The summed E-state index contributed by atoms with van der Waals surface area (Å²) in [6.45, 7) is 6.04. The second kappa shape index (κ2) is 8.48. The van der Waals surface area contributed by atoms with Crippen molar-refractivity contribution in [3.8, 4) is 0 Å². The zero-order valence-electron chi connectivity index (χ0n) is 11.1. The lowest BCUT2D eigenvalue weighted by molar-refractivity contribution is -0.943. The number of hydrogen-bond acceptors (Lipinski definition) is 1. The molecule has 0 aliphatic rings. The summed E-state index contributed by atoms with van der Waals surface area (Å²) in [6, 6.07) is 10.4. The molecule has 0 heterocycles. The molecule has 0 aliphatic heterocycles. The average molecular weight is 262 g/mol. The smallest absolute Gasteiger partial charge is 0.219 e. The van der Waals surface area contributed by atoms with Crippen molar-refractivity contribution in [2.45, 2.75) is 20.1 Å². The Morgan fingerprint density at radius 3 is 2.06 bits per heavy atom. The normalized spacial score (nSPS) is 12.2. The van der Waals surface area contributed by atoms with E-state index < -0.39 is 0 Å². The maximum Gasteiger partial charge on any atom is 0.219 e. The Bertz CT molecular complexity index is 291. The fraction of sp³-hybridized carbons (Fsp3) is 0.538. The number of nitrogens with zero attached hydrogens (tertiary/aromatic N) is 1. The largest absolute Gasteiger partial charge is 1.00 e. The molecule has 1 aromatic rings. The van der Waals surface area contributed by atoms with Gasteiger partial charge >= 0.3 is 0 Å². The number of halogens is 1. The molecule has 0 bridgehead atoms. The topological polar surface area (TPSA) is 40.7 Å². The molecule has 2 N–H and O–H groups in total. The van der Waals surface area contributed by atoms with Gasteiger partial charge in [0.2, 0.25) is 6.23 Å². The van der Waals surface area contributed by atoms with Crippen LogP contribution < -0.4 is 12.4 Å². The van der Waals surface area contributed by atoms with E-state index in [0.29, 0.717) is 0 Å². The minimum absolute atomic E-state index is 0. The van der Waals surface area contributed by atoms with Crippen molar-refractivity contribution in [3.63, 3.8) is 0 Å². The van der Waals surface area contributed by atoms with Gasteiger partial charge in [-0.15, -0.1) is 0 Å². The minimum Gasteiger partial charge on any atom is -1.00 e. The van der Waals surface area contributed by atoms with Crippen molar-refractivity contribution in [3.05, 3.63) is 35.9 Å². The Balaban J connectivity index is 0. The highest BCUT2D eigenvalue weighted by molar-refractivity contribution is 5.15. The summed E-state index contributed by atoms with van der Waals surface area (Å²) in [6.07, 6.45) is 0.140. The maximum atomic E-state index is 5.86. The first-order valence-corrected chi connectivity index (χ1v) is 5.61. The molecule has 1 unspecified atom stereocenters. The highest BCUT2D eigenvalue weighted by Crippen LogP contribution is 2.25. The summed E-state index contributed by atoms with van der Waals surface area (Å²) >= 11 is 0. The van der Waals surface area contributed by atoms with Crippen LogP contribution in [0.1, 0.15) is 25.6 Å². The molecule has 0 fully saturated rings. The van der Waals surface area contributed by atoms with Crippen LogP contribution >= 0.6 is 0 Å². The highest BCUT2D eigenvalue weighted by Gasteiger charge is 2.28. The molecule has 1 aromatic carbocycles. The van der Waals surface area contributed by atoms with Gasteiger partial charge in [0.05, 0.1) is 27.2 Å². The molecular weight excluding hydrogens is 238 g/mol. The summed E-state index contributed by atoms with van der Waals surface area (Å²) in [5.74, 6) is 0. The monoisotopic (exact) mass is 261 g/mol. The molecule has 0 saturated heterocycles. The van der Waals surface area contributed by atoms with Crippen molar-refractivity contribution in [2.75, 3.05) is 27.2 Å². The van der Waals surface area contributed by atoms with Crippen LogP contribution in [0, 0.1) is 0 Å². The Labute approximate surface area is 111 Å². The van der Waals surface area contributed by atoms with E-state index in [2.05, 4.69) is 45.3 Å². The summed E-state index contributed by atoms with van der Waals surface area (Å²) in [5, 5.41) is 0. The van der Waals surface area contributed by atoms with E-state index >= 15 is 0 Å². The van der Waals surface area contributed by atoms with Crippen LogP contribution in [0.3, 0.4) is 0 Å². The Morgan fingerprint density at radius 2 is 1.65 bits per heavy atom. The van der Waals surface area contributed by atoms with Gasteiger partial charge in [0.1, 0.15) is 0 Å². The minimum atomic E-state index is 0. The first-order valence-electron chi connectivity index (χ1n) is 5.61. The van der Waals surface area contributed by atoms with Crippen LogP contribution in [0.5, 0.6) is 0 Å². The van der Waals surface area contributed by atoms with Crippen LogP contribution in [0.4, 0.5) is 0 Å². The lowest BCUT2D eigenvalue weighted by atomic mass is 10.1. The number of hydrogen-bond donors (Lipinski definition) is 0. The second-order valence-corrected chi connectivity index (χ2v) is 4.31. The van der Waals surface area contributed by atoms with Gasteiger partial charge in [0, 0.05) is 5.56 Å². The fourth-order valence-electron chi connectivity index (χ4n) is 1.64. The average Bonchev–Trinajstić information content (AvgIpc) is 2.27. The molecule has 0 amide bonds. The molecule has 0 spiro atoms. The number of quaternary nitrogens is 1. The quantitative estimate of drug-likeness (QED) is 0.495. The molecule has 0 aliphatic carbocycles.